The Morgan fingerprint density at radius 3 is 2.87 bits per heavy atom. The van der Waals surface area contributed by atoms with Crippen LogP contribution in [-0.4, -0.2) is 29.3 Å². The summed E-state index contributed by atoms with van der Waals surface area (Å²) in [5.74, 6) is 0.763. The van der Waals surface area contributed by atoms with E-state index >= 15 is 0 Å². The van der Waals surface area contributed by atoms with Gasteiger partial charge in [-0.1, -0.05) is 11.8 Å². The van der Waals surface area contributed by atoms with Gasteiger partial charge in [0, 0.05) is 13.1 Å². The van der Waals surface area contributed by atoms with Gasteiger partial charge in [0.15, 0.2) is 11.0 Å². The summed E-state index contributed by atoms with van der Waals surface area (Å²) in [5, 5.41) is 9.69. The van der Waals surface area contributed by atoms with E-state index in [9.17, 15) is 0 Å². The molecule has 0 radical (unpaired) electrons. The molecule has 1 aliphatic carbocycles. The second-order valence-corrected chi connectivity index (χ2v) is 4.32. The maximum absolute atomic E-state index is 8.97. The van der Waals surface area contributed by atoms with Crippen molar-refractivity contribution < 1.29 is 0 Å². The van der Waals surface area contributed by atoms with Crippen LogP contribution in [0, 0.1) is 11.3 Å². The summed E-state index contributed by atoms with van der Waals surface area (Å²) in [7, 11) is 1.99. The Morgan fingerprint density at radius 2 is 2.33 bits per heavy atom. The van der Waals surface area contributed by atoms with Crippen molar-refractivity contribution >= 4 is 17.6 Å². The summed E-state index contributed by atoms with van der Waals surface area (Å²) in [5.41, 5.74) is 0.558. The zero-order valence-corrected chi connectivity index (χ0v) is 9.58. The molecule has 0 aliphatic heterocycles. The van der Waals surface area contributed by atoms with E-state index in [1.807, 2.05) is 13.3 Å². The molecule has 15 heavy (non-hydrogen) atoms. The summed E-state index contributed by atoms with van der Waals surface area (Å²) >= 11 is 1.49. The van der Waals surface area contributed by atoms with Gasteiger partial charge in [0.1, 0.15) is 11.6 Å². The van der Waals surface area contributed by atoms with Crippen molar-refractivity contribution in [1.82, 2.24) is 9.97 Å². The highest BCUT2D eigenvalue weighted by molar-refractivity contribution is 7.98. The number of hydrogen-bond acceptors (Lipinski definition) is 5. The number of rotatable bonds is 3. The fourth-order valence-electron chi connectivity index (χ4n) is 1.44. The van der Waals surface area contributed by atoms with E-state index in [4.69, 9.17) is 5.26 Å². The third-order valence-electron chi connectivity index (χ3n) is 2.48. The first kappa shape index (κ1) is 10.2. The number of nitrogens with zero attached hydrogens (tertiary/aromatic N) is 4. The fourth-order valence-corrected chi connectivity index (χ4v) is 1.77. The second kappa shape index (κ2) is 4.07. The first-order valence-electron chi connectivity index (χ1n) is 4.80. The van der Waals surface area contributed by atoms with Crippen LogP contribution in [0.2, 0.25) is 0 Å². The van der Waals surface area contributed by atoms with Gasteiger partial charge in [0.05, 0.1) is 6.20 Å². The van der Waals surface area contributed by atoms with Crippen LogP contribution < -0.4 is 4.90 Å². The smallest absolute Gasteiger partial charge is 0.189 e. The molecule has 2 rings (SSSR count). The molecular weight excluding hydrogens is 208 g/mol. The molecule has 4 nitrogen and oxygen atoms in total. The van der Waals surface area contributed by atoms with Crippen molar-refractivity contribution in [3.8, 4) is 6.07 Å². The van der Waals surface area contributed by atoms with E-state index in [0.717, 1.165) is 11.0 Å². The molecular formula is C10H12N4S. The van der Waals surface area contributed by atoms with Crippen molar-refractivity contribution in [2.45, 2.75) is 24.0 Å². The Labute approximate surface area is 93.3 Å². The first-order valence-corrected chi connectivity index (χ1v) is 6.02. The van der Waals surface area contributed by atoms with Crippen molar-refractivity contribution in [1.29, 1.82) is 5.26 Å². The SMILES string of the molecule is CSc1ncc(C#N)c(N(C)C2CC2)n1. The third-order valence-corrected chi connectivity index (χ3v) is 3.04. The lowest BCUT2D eigenvalue weighted by Crippen LogP contribution is -2.22. The van der Waals surface area contributed by atoms with Gasteiger partial charge in [-0.05, 0) is 19.1 Å². The first-order chi connectivity index (χ1) is 7.26. The Balaban J connectivity index is 2.37. The van der Waals surface area contributed by atoms with Crippen molar-refractivity contribution in [2.24, 2.45) is 0 Å². The van der Waals surface area contributed by atoms with Crippen LogP contribution >= 0.6 is 11.8 Å². The lowest BCUT2D eigenvalue weighted by Gasteiger charge is -2.18. The molecule has 0 spiro atoms. The van der Waals surface area contributed by atoms with E-state index < -0.39 is 0 Å². The standard InChI is InChI=1S/C10H12N4S/c1-14(8-3-4-8)9-7(5-11)6-12-10(13-9)15-2/h6,8H,3-4H2,1-2H3. The van der Waals surface area contributed by atoms with Crippen molar-refractivity contribution in [2.75, 3.05) is 18.2 Å². The van der Waals surface area contributed by atoms with Crippen LogP contribution in [0.15, 0.2) is 11.4 Å². The molecule has 1 aromatic rings. The predicted octanol–water partition coefficient (Wildman–Crippen LogP) is 1.67. The minimum atomic E-state index is 0.557. The highest BCUT2D eigenvalue weighted by atomic mass is 32.2. The fraction of sp³-hybridized carbons (Fsp3) is 0.500. The maximum atomic E-state index is 8.97. The number of aromatic nitrogens is 2. The van der Waals surface area contributed by atoms with Gasteiger partial charge in [0.25, 0.3) is 0 Å². The second-order valence-electron chi connectivity index (χ2n) is 3.55. The molecule has 78 valence electrons. The van der Waals surface area contributed by atoms with Crippen molar-refractivity contribution in [3.05, 3.63) is 11.8 Å². The maximum Gasteiger partial charge on any atom is 0.189 e. The van der Waals surface area contributed by atoms with Gasteiger partial charge < -0.3 is 4.90 Å². The largest absolute Gasteiger partial charge is 0.355 e. The Kier molecular flexibility index (Phi) is 2.78. The van der Waals surface area contributed by atoms with Crippen molar-refractivity contribution in [3.63, 3.8) is 0 Å². The zero-order valence-electron chi connectivity index (χ0n) is 8.77. The average Bonchev–Trinajstić information content (AvgIpc) is 3.11. The predicted molar refractivity (Wildman–Crippen MR) is 60.0 cm³/mol. The molecule has 5 heteroatoms. The minimum Gasteiger partial charge on any atom is -0.355 e. The zero-order chi connectivity index (χ0) is 10.8. The lowest BCUT2D eigenvalue weighted by molar-refractivity contribution is 0.848. The van der Waals surface area contributed by atoms with Crippen LogP contribution in [0.25, 0.3) is 0 Å². The number of nitriles is 1. The van der Waals surface area contributed by atoms with Gasteiger partial charge in [-0.25, -0.2) is 9.97 Å². The Morgan fingerprint density at radius 1 is 1.60 bits per heavy atom. The Hall–Kier alpha value is -1.28. The molecule has 1 aromatic heterocycles. The normalized spacial score (nSPS) is 14.7. The molecule has 0 bridgehead atoms. The van der Waals surface area contributed by atoms with Crippen LogP contribution in [0.5, 0.6) is 0 Å². The van der Waals surface area contributed by atoms with Gasteiger partial charge in [-0.2, -0.15) is 5.26 Å². The van der Waals surface area contributed by atoms with Crippen LogP contribution in [-0.2, 0) is 0 Å². The molecule has 1 saturated carbocycles. The molecule has 1 heterocycles. The van der Waals surface area contributed by atoms with Crippen LogP contribution in [0.4, 0.5) is 5.82 Å². The number of thioether (sulfide) groups is 1. The molecule has 0 unspecified atom stereocenters. The average molecular weight is 220 g/mol. The molecule has 1 fully saturated rings. The van der Waals surface area contributed by atoms with E-state index in [0.29, 0.717) is 11.6 Å². The van der Waals surface area contributed by atoms with Crippen LogP contribution in [0.1, 0.15) is 18.4 Å². The quantitative estimate of drug-likeness (QED) is 0.573. The minimum absolute atomic E-state index is 0.557. The van der Waals surface area contributed by atoms with Gasteiger partial charge in [-0.3, -0.25) is 0 Å². The summed E-state index contributed by atoms with van der Waals surface area (Å²) in [4.78, 5) is 10.6. The monoisotopic (exact) mass is 220 g/mol. The van der Waals surface area contributed by atoms with Crippen LogP contribution in [0.3, 0.4) is 0 Å². The van der Waals surface area contributed by atoms with Gasteiger partial charge >= 0.3 is 0 Å². The summed E-state index contributed by atoms with van der Waals surface area (Å²) in [6.45, 7) is 0. The van der Waals surface area contributed by atoms with Gasteiger partial charge in [0.2, 0.25) is 0 Å². The summed E-state index contributed by atoms with van der Waals surface area (Å²) in [6.07, 6.45) is 5.93. The highest BCUT2D eigenvalue weighted by Gasteiger charge is 2.28. The highest BCUT2D eigenvalue weighted by Crippen LogP contribution is 2.31. The third kappa shape index (κ3) is 2.05. The number of anilines is 1. The molecule has 0 amide bonds. The summed E-state index contributed by atoms with van der Waals surface area (Å²) in [6, 6.07) is 2.69. The van der Waals surface area contributed by atoms with E-state index in [1.165, 1.54) is 24.6 Å². The summed E-state index contributed by atoms with van der Waals surface area (Å²) < 4.78 is 0. The topological polar surface area (TPSA) is 52.8 Å². The molecule has 0 saturated heterocycles. The molecule has 0 N–H and O–H groups in total. The Bertz CT molecular complexity index is 408. The lowest BCUT2D eigenvalue weighted by atomic mass is 10.3. The van der Waals surface area contributed by atoms with E-state index in [-0.39, 0.29) is 0 Å². The van der Waals surface area contributed by atoms with E-state index in [2.05, 4.69) is 20.9 Å². The molecule has 1 aliphatic rings. The van der Waals surface area contributed by atoms with E-state index in [1.54, 1.807) is 6.20 Å². The molecule has 0 atom stereocenters. The molecule has 0 aromatic carbocycles. The number of hydrogen-bond donors (Lipinski definition) is 0. The van der Waals surface area contributed by atoms with Gasteiger partial charge in [-0.15, -0.1) is 0 Å².